The Kier molecular flexibility index (Phi) is 7.14. The van der Waals surface area contributed by atoms with Gasteiger partial charge in [0.05, 0.1) is 0 Å². The van der Waals surface area contributed by atoms with Gasteiger partial charge in [-0.05, 0) is 40.4 Å². The monoisotopic (exact) mass is 538 g/mol. The van der Waals surface area contributed by atoms with Crippen LogP contribution in [0.15, 0.2) is 113 Å². The molecule has 0 amide bonds. The van der Waals surface area contributed by atoms with E-state index in [4.69, 9.17) is 4.43 Å². The summed E-state index contributed by atoms with van der Waals surface area (Å²) in [6.45, 7) is 7.60. The maximum Gasteiger partial charge on any atom is 0.338 e. The number of carbonyl (C=O) groups is 1. The first-order chi connectivity index (χ1) is 18.7. The van der Waals surface area contributed by atoms with Gasteiger partial charge in [-0.1, -0.05) is 99.6 Å². The van der Waals surface area contributed by atoms with Gasteiger partial charge >= 0.3 is 5.69 Å². The minimum absolute atomic E-state index is 0.155. The average molecular weight is 539 g/mol. The van der Waals surface area contributed by atoms with Crippen molar-refractivity contribution in [3.8, 4) is 0 Å². The van der Waals surface area contributed by atoms with Crippen molar-refractivity contribution in [2.24, 2.45) is 5.41 Å². The quantitative estimate of drug-likeness (QED) is 0.317. The van der Waals surface area contributed by atoms with Crippen LogP contribution in [0.25, 0.3) is 0 Å². The van der Waals surface area contributed by atoms with Gasteiger partial charge in [0, 0.05) is 36.4 Å². The molecule has 7 heteroatoms. The number of hydrogen-bond donors (Lipinski definition) is 0. The van der Waals surface area contributed by atoms with Crippen LogP contribution in [0.2, 0.25) is 5.04 Å². The maximum absolute atomic E-state index is 13.4. The average Bonchev–Trinajstić information content (AvgIpc) is 3.71. The lowest BCUT2D eigenvalue weighted by molar-refractivity contribution is 0.0947. The minimum Gasteiger partial charge on any atom is -0.407 e. The Balaban J connectivity index is 1.48. The minimum atomic E-state index is -2.73. The van der Waals surface area contributed by atoms with Crippen LogP contribution in [0.3, 0.4) is 0 Å². The summed E-state index contributed by atoms with van der Waals surface area (Å²) in [5.41, 5.74) is -1.19. The molecule has 6 nitrogen and oxygen atoms in total. The molecule has 0 bridgehead atoms. The van der Waals surface area contributed by atoms with E-state index >= 15 is 0 Å². The zero-order valence-electron chi connectivity index (χ0n) is 22.7. The fourth-order valence-corrected chi connectivity index (χ4v) is 10.1. The van der Waals surface area contributed by atoms with Crippen LogP contribution < -0.4 is 21.6 Å². The highest BCUT2D eigenvalue weighted by Crippen LogP contribution is 2.49. The summed E-state index contributed by atoms with van der Waals surface area (Å²) >= 11 is 0. The Morgan fingerprint density at radius 2 is 1.33 bits per heavy atom. The third kappa shape index (κ3) is 5.12. The van der Waals surface area contributed by atoms with E-state index in [1.54, 1.807) is 30.3 Å². The highest BCUT2D eigenvalue weighted by molar-refractivity contribution is 6.99. The molecular weight excluding hydrogens is 504 g/mol. The topological polar surface area (TPSA) is 70.3 Å². The Morgan fingerprint density at radius 1 is 0.821 bits per heavy atom. The lowest BCUT2D eigenvalue weighted by Crippen LogP contribution is -2.67. The Labute approximate surface area is 229 Å². The fourth-order valence-electron chi connectivity index (χ4n) is 5.44. The van der Waals surface area contributed by atoms with E-state index in [0.29, 0.717) is 18.7 Å². The lowest BCUT2D eigenvalue weighted by atomic mass is 10.1. The third-order valence-corrected chi connectivity index (χ3v) is 12.7. The van der Waals surface area contributed by atoms with Crippen molar-refractivity contribution in [3.05, 3.63) is 130 Å². The Hall–Kier alpha value is -3.81. The molecule has 200 valence electrons. The van der Waals surface area contributed by atoms with Gasteiger partial charge in [0.15, 0.2) is 0 Å². The van der Waals surface area contributed by atoms with Crippen molar-refractivity contribution in [3.63, 3.8) is 0 Å². The second-order valence-electron chi connectivity index (χ2n) is 11.5. The summed E-state index contributed by atoms with van der Waals surface area (Å²) < 4.78 is 9.39. The van der Waals surface area contributed by atoms with Crippen LogP contribution in [0.4, 0.5) is 0 Å². The first-order valence-corrected chi connectivity index (χ1v) is 15.3. The van der Waals surface area contributed by atoms with Gasteiger partial charge in [-0.25, -0.2) is 4.79 Å². The first-order valence-electron chi connectivity index (χ1n) is 13.3. The number of nitrogens with zero attached hydrogens (tertiary/aromatic N) is 2. The van der Waals surface area contributed by atoms with Gasteiger partial charge < -0.3 is 4.43 Å². The molecule has 1 saturated carbocycles. The van der Waals surface area contributed by atoms with Crippen LogP contribution in [0, 0.1) is 5.41 Å². The second kappa shape index (κ2) is 10.4. The van der Waals surface area contributed by atoms with Crippen LogP contribution in [0.5, 0.6) is 0 Å². The summed E-state index contributed by atoms with van der Waals surface area (Å²) in [4.78, 5) is 39.0. The summed E-state index contributed by atoms with van der Waals surface area (Å²) in [6.07, 6.45) is 3.31. The smallest absolute Gasteiger partial charge is 0.338 e. The maximum atomic E-state index is 13.4. The van der Waals surface area contributed by atoms with E-state index in [1.807, 2.05) is 12.1 Å². The van der Waals surface area contributed by atoms with E-state index in [0.717, 1.165) is 17.4 Å². The van der Waals surface area contributed by atoms with Crippen molar-refractivity contribution in [2.75, 3.05) is 6.61 Å². The molecule has 0 unspecified atom stereocenters. The second-order valence-corrected chi connectivity index (χ2v) is 15.8. The molecule has 0 radical (unpaired) electrons. The zero-order valence-corrected chi connectivity index (χ0v) is 23.7. The van der Waals surface area contributed by atoms with E-state index in [9.17, 15) is 14.4 Å². The number of benzene rings is 3. The highest BCUT2D eigenvalue weighted by Gasteiger charge is 2.53. The number of rotatable bonds is 8. The standard InChI is InChI=1S/C32H34N2O4Si/c1-31(2,3)39(26-15-9-5-10-16-26,27-17-11-6-12-18-27)38-24-32(20-21-32)23-33-22-19-28(35)34(30(33)37)29(36)25-13-7-4-8-14-25/h4-19,22H,20-21,23-24H2,1-3H3. The SMILES string of the molecule is CC(C)(C)[Si](OCC1(Cn2ccc(=O)n(C(=O)c3ccccc3)c2=O)CC1)(c1ccccc1)c1ccccc1. The van der Waals surface area contributed by atoms with E-state index in [1.165, 1.54) is 27.2 Å². The molecule has 39 heavy (non-hydrogen) atoms. The molecule has 1 aliphatic rings. The predicted octanol–water partition coefficient (Wildman–Crippen LogP) is 4.06. The molecule has 0 atom stereocenters. The van der Waals surface area contributed by atoms with E-state index in [-0.39, 0.29) is 10.5 Å². The molecule has 1 fully saturated rings. The predicted molar refractivity (Wildman–Crippen MR) is 156 cm³/mol. The van der Waals surface area contributed by atoms with Crippen LogP contribution in [-0.2, 0) is 11.0 Å². The Morgan fingerprint density at radius 3 is 1.82 bits per heavy atom. The van der Waals surface area contributed by atoms with Gasteiger partial charge in [0.25, 0.3) is 19.8 Å². The molecule has 4 aromatic rings. The van der Waals surface area contributed by atoms with Gasteiger partial charge in [0.2, 0.25) is 0 Å². The van der Waals surface area contributed by atoms with Crippen molar-refractivity contribution >= 4 is 24.6 Å². The highest BCUT2D eigenvalue weighted by atomic mass is 28.4. The number of carbonyl (C=O) groups excluding carboxylic acids is 1. The largest absolute Gasteiger partial charge is 0.407 e. The van der Waals surface area contributed by atoms with Crippen molar-refractivity contribution in [1.29, 1.82) is 0 Å². The molecule has 5 rings (SSSR count). The van der Waals surface area contributed by atoms with Crippen LogP contribution in [-0.4, -0.2) is 30.0 Å². The zero-order chi connectivity index (χ0) is 27.7. The molecule has 0 N–H and O–H groups in total. The van der Waals surface area contributed by atoms with Crippen LogP contribution in [0.1, 0.15) is 44.0 Å². The molecule has 1 aliphatic carbocycles. The molecule has 3 aromatic carbocycles. The van der Waals surface area contributed by atoms with Gasteiger partial charge in [-0.3, -0.25) is 14.2 Å². The molecule has 1 heterocycles. The number of aromatic nitrogens is 2. The lowest BCUT2D eigenvalue weighted by Gasteiger charge is -2.44. The van der Waals surface area contributed by atoms with Crippen molar-refractivity contribution in [2.45, 2.75) is 45.2 Å². The fraction of sp³-hybridized carbons (Fsp3) is 0.281. The van der Waals surface area contributed by atoms with E-state index < -0.39 is 25.5 Å². The molecule has 0 saturated heterocycles. The first kappa shape index (κ1) is 26.8. The van der Waals surface area contributed by atoms with Crippen molar-refractivity contribution < 1.29 is 9.22 Å². The van der Waals surface area contributed by atoms with Gasteiger partial charge in [-0.15, -0.1) is 0 Å². The van der Waals surface area contributed by atoms with Gasteiger partial charge in [0.1, 0.15) is 0 Å². The Bertz CT molecular complexity index is 1530. The summed E-state index contributed by atoms with van der Waals surface area (Å²) in [5.74, 6) is -0.617. The summed E-state index contributed by atoms with van der Waals surface area (Å²) in [5, 5.41) is 2.26. The molecule has 1 aromatic heterocycles. The van der Waals surface area contributed by atoms with Crippen molar-refractivity contribution in [1.82, 2.24) is 9.13 Å². The molecule has 0 spiro atoms. The third-order valence-electron chi connectivity index (χ3n) is 7.75. The van der Waals surface area contributed by atoms with Crippen LogP contribution >= 0.6 is 0 Å². The molecular formula is C32H34N2O4Si. The normalized spacial score (nSPS) is 14.6. The number of hydrogen-bond acceptors (Lipinski definition) is 4. The summed E-state index contributed by atoms with van der Waals surface area (Å²) in [6, 6.07) is 30.7. The molecule has 0 aliphatic heterocycles. The van der Waals surface area contributed by atoms with E-state index in [2.05, 4.69) is 69.3 Å². The summed E-state index contributed by atoms with van der Waals surface area (Å²) in [7, 11) is -2.73. The van der Waals surface area contributed by atoms with Gasteiger partial charge in [-0.2, -0.15) is 4.57 Å².